The minimum Gasteiger partial charge on any atom is -0.274 e. The van der Waals surface area contributed by atoms with E-state index in [9.17, 15) is 9.18 Å². The van der Waals surface area contributed by atoms with Gasteiger partial charge in [-0.25, -0.2) is 4.39 Å². The first-order valence-corrected chi connectivity index (χ1v) is 7.64. The SMILES string of the molecule is Cc1ncccc1-n1c(=O)c2nn(C)cc2c2cc(F)c(Cl)cc21. The molecule has 3 heterocycles. The third-order valence-corrected chi connectivity index (χ3v) is 4.31. The number of benzene rings is 1. The van der Waals surface area contributed by atoms with Crippen LogP contribution in [0.2, 0.25) is 5.02 Å². The van der Waals surface area contributed by atoms with Crippen LogP contribution in [0.5, 0.6) is 0 Å². The molecule has 24 heavy (non-hydrogen) atoms. The maximum absolute atomic E-state index is 14.0. The van der Waals surface area contributed by atoms with Gasteiger partial charge < -0.3 is 0 Å². The molecule has 0 unspecified atom stereocenters. The third-order valence-electron chi connectivity index (χ3n) is 4.02. The van der Waals surface area contributed by atoms with Crippen LogP contribution in [0.15, 0.2) is 41.5 Å². The summed E-state index contributed by atoms with van der Waals surface area (Å²) < 4.78 is 17.1. The lowest BCUT2D eigenvalue weighted by Gasteiger charge is -2.13. The van der Waals surface area contributed by atoms with Crippen molar-refractivity contribution >= 4 is 33.4 Å². The summed E-state index contributed by atoms with van der Waals surface area (Å²) in [6.07, 6.45) is 3.35. The second kappa shape index (κ2) is 5.14. The second-order valence-corrected chi connectivity index (χ2v) is 6.00. The van der Waals surface area contributed by atoms with Gasteiger partial charge >= 0.3 is 0 Å². The Morgan fingerprint density at radius 3 is 2.79 bits per heavy atom. The van der Waals surface area contributed by atoms with E-state index in [-0.39, 0.29) is 16.1 Å². The van der Waals surface area contributed by atoms with Gasteiger partial charge in [-0.05, 0) is 31.2 Å². The fourth-order valence-electron chi connectivity index (χ4n) is 2.95. The summed E-state index contributed by atoms with van der Waals surface area (Å²) in [5.74, 6) is -0.539. The highest BCUT2D eigenvalue weighted by Crippen LogP contribution is 2.29. The van der Waals surface area contributed by atoms with Gasteiger partial charge in [0.25, 0.3) is 5.56 Å². The van der Waals surface area contributed by atoms with Crippen LogP contribution in [-0.4, -0.2) is 19.3 Å². The maximum Gasteiger partial charge on any atom is 0.284 e. The minimum atomic E-state index is -0.539. The fraction of sp³-hybridized carbons (Fsp3) is 0.118. The average molecular weight is 343 g/mol. The van der Waals surface area contributed by atoms with E-state index < -0.39 is 5.82 Å². The van der Waals surface area contributed by atoms with Gasteiger partial charge in [0.15, 0.2) is 5.52 Å². The van der Waals surface area contributed by atoms with Crippen LogP contribution in [0.4, 0.5) is 4.39 Å². The Bertz CT molecular complexity index is 1180. The molecule has 120 valence electrons. The van der Waals surface area contributed by atoms with Crippen molar-refractivity contribution in [1.29, 1.82) is 0 Å². The van der Waals surface area contributed by atoms with Crippen molar-refractivity contribution in [3.8, 4) is 5.69 Å². The normalized spacial score (nSPS) is 11.5. The largest absolute Gasteiger partial charge is 0.284 e. The summed E-state index contributed by atoms with van der Waals surface area (Å²) in [5.41, 5.74) is 1.79. The molecule has 0 saturated carbocycles. The number of aryl methyl sites for hydroxylation is 2. The quantitative estimate of drug-likeness (QED) is 0.533. The summed E-state index contributed by atoms with van der Waals surface area (Å²) in [4.78, 5) is 17.3. The minimum absolute atomic E-state index is 0.0413. The first kappa shape index (κ1) is 14.8. The molecular formula is C17H12ClFN4O. The number of halogens is 2. The first-order valence-electron chi connectivity index (χ1n) is 7.26. The van der Waals surface area contributed by atoms with Crippen molar-refractivity contribution in [2.75, 3.05) is 0 Å². The molecule has 0 saturated heterocycles. The second-order valence-electron chi connectivity index (χ2n) is 5.60. The zero-order chi connectivity index (χ0) is 17.0. The molecule has 0 aliphatic rings. The van der Waals surface area contributed by atoms with Crippen LogP contribution in [0.3, 0.4) is 0 Å². The van der Waals surface area contributed by atoms with Gasteiger partial charge in [-0.15, -0.1) is 0 Å². The molecule has 0 bridgehead atoms. The molecule has 3 aromatic heterocycles. The molecule has 0 radical (unpaired) electrons. The van der Waals surface area contributed by atoms with Crippen molar-refractivity contribution in [3.05, 3.63) is 63.5 Å². The average Bonchev–Trinajstić information content (AvgIpc) is 2.94. The Kier molecular flexibility index (Phi) is 3.18. The van der Waals surface area contributed by atoms with Gasteiger partial charge in [0.1, 0.15) is 5.82 Å². The molecule has 0 aliphatic heterocycles. The standard InChI is InChI=1S/C17H12ClFN4O/c1-9-14(4-3-5-20-9)23-15-7-12(18)13(19)6-10(15)11-8-22(2)21-16(11)17(23)24/h3-8H,1-2H3. The van der Waals surface area contributed by atoms with E-state index in [2.05, 4.69) is 10.1 Å². The monoisotopic (exact) mass is 342 g/mol. The van der Waals surface area contributed by atoms with Gasteiger partial charge in [-0.2, -0.15) is 5.10 Å². The molecule has 0 atom stereocenters. The number of hydrogen-bond donors (Lipinski definition) is 0. The fourth-order valence-corrected chi connectivity index (χ4v) is 3.11. The number of fused-ring (bicyclic) bond motifs is 3. The van der Waals surface area contributed by atoms with E-state index in [0.29, 0.717) is 27.7 Å². The number of aromatic nitrogens is 4. The van der Waals surface area contributed by atoms with E-state index in [1.54, 1.807) is 43.2 Å². The van der Waals surface area contributed by atoms with Crippen molar-refractivity contribution in [2.24, 2.45) is 7.05 Å². The topological polar surface area (TPSA) is 52.7 Å². The molecule has 0 aliphatic carbocycles. The van der Waals surface area contributed by atoms with Gasteiger partial charge in [0.2, 0.25) is 0 Å². The van der Waals surface area contributed by atoms with E-state index in [0.717, 1.165) is 0 Å². The van der Waals surface area contributed by atoms with Crippen LogP contribution >= 0.6 is 11.6 Å². The zero-order valence-electron chi connectivity index (χ0n) is 12.9. The van der Waals surface area contributed by atoms with Gasteiger partial charge in [0.05, 0.1) is 21.9 Å². The van der Waals surface area contributed by atoms with Crippen molar-refractivity contribution in [2.45, 2.75) is 6.92 Å². The summed E-state index contributed by atoms with van der Waals surface area (Å²) in [7, 11) is 1.72. The first-order chi connectivity index (χ1) is 11.5. The van der Waals surface area contributed by atoms with Crippen molar-refractivity contribution in [3.63, 3.8) is 0 Å². The van der Waals surface area contributed by atoms with Crippen molar-refractivity contribution < 1.29 is 4.39 Å². The Hall–Kier alpha value is -2.73. The predicted octanol–water partition coefficient (Wildman–Crippen LogP) is 3.37. The number of hydrogen-bond acceptors (Lipinski definition) is 3. The molecular weight excluding hydrogens is 331 g/mol. The lowest BCUT2D eigenvalue weighted by molar-refractivity contribution is 0.630. The van der Waals surface area contributed by atoms with Crippen molar-refractivity contribution in [1.82, 2.24) is 19.3 Å². The van der Waals surface area contributed by atoms with Gasteiger partial charge in [-0.3, -0.25) is 19.0 Å². The van der Waals surface area contributed by atoms with Gasteiger partial charge in [-0.1, -0.05) is 11.6 Å². The molecule has 4 aromatic rings. The van der Waals surface area contributed by atoms with E-state index in [1.165, 1.54) is 16.7 Å². The smallest absolute Gasteiger partial charge is 0.274 e. The zero-order valence-corrected chi connectivity index (χ0v) is 13.7. The Morgan fingerprint density at radius 2 is 2.04 bits per heavy atom. The molecule has 1 aromatic carbocycles. The third kappa shape index (κ3) is 2.03. The maximum atomic E-state index is 14.0. The Morgan fingerprint density at radius 1 is 1.25 bits per heavy atom. The van der Waals surface area contributed by atoms with E-state index in [1.807, 2.05) is 0 Å². The molecule has 5 nitrogen and oxygen atoms in total. The molecule has 4 rings (SSSR count). The summed E-state index contributed by atoms with van der Waals surface area (Å²) in [6.45, 7) is 1.81. The summed E-state index contributed by atoms with van der Waals surface area (Å²) in [5, 5.41) is 5.36. The number of nitrogens with zero attached hydrogens (tertiary/aromatic N) is 4. The van der Waals surface area contributed by atoms with E-state index in [4.69, 9.17) is 11.6 Å². The summed E-state index contributed by atoms with van der Waals surface area (Å²) in [6, 6.07) is 6.33. The molecule has 0 amide bonds. The predicted molar refractivity (Wildman–Crippen MR) is 91.3 cm³/mol. The Labute approximate surface area is 140 Å². The van der Waals surface area contributed by atoms with Gasteiger partial charge in [0, 0.05) is 30.2 Å². The highest BCUT2D eigenvalue weighted by atomic mass is 35.5. The molecule has 0 spiro atoms. The number of pyridine rings is 2. The summed E-state index contributed by atoms with van der Waals surface area (Å²) >= 11 is 5.97. The lowest BCUT2D eigenvalue weighted by atomic mass is 10.1. The van der Waals surface area contributed by atoms with Crippen LogP contribution in [0.1, 0.15) is 5.69 Å². The number of rotatable bonds is 1. The molecule has 0 fully saturated rings. The van der Waals surface area contributed by atoms with Crippen LogP contribution in [-0.2, 0) is 7.05 Å². The molecule has 7 heteroatoms. The lowest BCUT2D eigenvalue weighted by Crippen LogP contribution is -2.20. The Balaban J connectivity index is 2.31. The van der Waals surface area contributed by atoms with E-state index >= 15 is 0 Å². The highest BCUT2D eigenvalue weighted by molar-refractivity contribution is 6.31. The van der Waals surface area contributed by atoms with Crippen LogP contribution in [0.25, 0.3) is 27.5 Å². The van der Waals surface area contributed by atoms with Crippen LogP contribution < -0.4 is 5.56 Å². The van der Waals surface area contributed by atoms with Crippen LogP contribution in [0, 0.1) is 12.7 Å². The highest BCUT2D eigenvalue weighted by Gasteiger charge is 2.18. The molecule has 0 N–H and O–H groups in total.